The van der Waals surface area contributed by atoms with Gasteiger partial charge < -0.3 is 33.6 Å². The predicted molar refractivity (Wildman–Crippen MR) is 108 cm³/mol. The number of aldehydes is 1. The maximum Gasteiger partial charge on any atom is 0.296 e. The second-order valence-electron chi connectivity index (χ2n) is 8.06. The van der Waals surface area contributed by atoms with E-state index in [-0.39, 0.29) is 42.3 Å². The lowest BCUT2D eigenvalue weighted by atomic mass is 10.0. The van der Waals surface area contributed by atoms with E-state index in [0.29, 0.717) is 48.4 Å². The van der Waals surface area contributed by atoms with Crippen molar-refractivity contribution in [1.29, 1.82) is 0 Å². The highest BCUT2D eigenvalue weighted by Crippen LogP contribution is 2.33. The summed E-state index contributed by atoms with van der Waals surface area (Å²) in [6, 6.07) is 1.98. The van der Waals surface area contributed by atoms with Crippen molar-refractivity contribution >= 4 is 35.0 Å². The van der Waals surface area contributed by atoms with Crippen LogP contribution in [0.2, 0.25) is 5.02 Å². The van der Waals surface area contributed by atoms with E-state index < -0.39 is 0 Å². The molecule has 10 nitrogen and oxygen atoms in total. The molecule has 4 atom stereocenters. The lowest BCUT2D eigenvalue weighted by Gasteiger charge is -2.31. The molecule has 166 valence electrons. The first-order valence-electron chi connectivity index (χ1n) is 10.4. The normalized spacial score (nSPS) is 28.6. The smallest absolute Gasteiger partial charge is 0.296 e. The zero-order valence-electron chi connectivity index (χ0n) is 17.0. The number of fused-ring (bicyclic) bond motifs is 2. The van der Waals surface area contributed by atoms with Crippen LogP contribution in [0.5, 0.6) is 11.9 Å². The van der Waals surface area contributed by atoms with Crippen LogP contribution < -0.4 is 9.47 Å². The van der Waals surface area contributed by atoms with Crippen LogP contribution in [0, 0.1) is 5.92 Å². The highest BCUT2D eigenvalue weighted by molar-refractivity contribution is 6.32. The Balaban J connectivity index is 1.27. The Morgan fingerprint density at radius 1 is 1.23 bits per heavy atom. The second-order valence-corrected chi connectivity index (χ2v) is 8.47. The molecule has 31 heavy (non-hydrogen) atoms. The summed E-state index contributed by atoms with van der Waals surface area (Å²) >= 11 is 6.37. The number of H-pyrrole nitrogens is 1. The Bertz CT molecular complexity index is 991. The maximum atomic E-state index is 11.5. The van der Waals surface area contributed by atoms with Crippen LogP contribution in [0.15, 0.2) is 6.07 Å². The summed E-state index contributed by atoms with van der Waals surface area (Å²) in [7, 11) is 0. The number of carbonyl (C=O) groups is 2. The zero-order valence-corrected chi connectivity index (χ0v) is 17.7. The third kappa shape index (κ3) is 3.95. The van der Waals surface area contributed by atoms with Gasteiger partial charge in [-0.05, 0) is 6.07 Å². The molecule has 0 radical (unpaired) electrons. The Morgan fingerprint density at radius 3 is 2.74 bits per heavy atom. The van der Waals surface area contributed by atoms with Gasteiger partial charge in [-0.25, -0.2) is 0 Å². The molecule has 2 unspecified atom stereocenters. The van der Waals surface area contributed by atoms with Crippen LogP contribution in [0.25, 0.3) is 11.2 Å². The lowest BCUT2D eigenvalue weighted by Crippen LogP contribution is -2.40. The fourth-order valence-electron chi connectivity index (χ4n) is 4.32. The molecule has 5 rings (SSSR count). The Labute approximate surface area is 183 Å². The van der Waals surface area contributed by atoms with Crippen LogP contribution in [0.4, 0.5) is 0 Å². The summed E-state index contributed by atoms with van der Waals surface area (Å²) in [6.07, 6.45) is 1.28. The first-order chi connectivity index (χ1) is 15.0. The number of halogens is 1. The number of hydrogen-bond donors (Lipinski definition) is 1. The second kappa shape index (κ2) is 8.25. The molecule has 0 aliphatic carbocycles. The van der Waals surface area contributed by atoms with Crippen molar-refractivity contribution in [2.24, 2.45) is 5.92 Å². The number of rotatable bonds is 5. The van der Waals surface area contributed by atoms with E-state index in [1.165, 1.54) is 0 Å². The average molecular weight is 451 g/mol. The van der Waals surface area contributed by atoms with E-state index in [9.17, 15) is 9.59 Å². The van der Waals surface area contributed by atoms with E-state index in [2.05, 4.69) is 15.0 Å². The van der Waals surface area contributed by atoms with Crippen molar-refractivity contribution in [2.75, 3.05) is 26.3 Å². The summed E-state index contributed by atoms with van der Waals surface area (Å²) in [5.74, 6) is 0.117. The molecule has 2 aromatic heterocycles. The van der Waals surface area contributed by atoms with Crippen LogP contribution in [-0.4, -0.2) is 82.8 Å². The number of ether oxygens (including phenoxy) is 4. The van der Waals surface area contributed by atoms with Gasteiger partial charge in [0.1, 0.15) is 23.5 Å². The number of imidazole rings is 1. The summed E-state index contributed by atoms with van der Waals surface area (Å²) in [5, 5.41) is 0.369. The molecular formula is C20H23ClN4O6. The Kier molecular flexibility index (Phi) is 5.45. The number of nitrogens with zero attached hydrogens (tertiary/aromatic N) is 3. The molecular weight excluding hydrogens is 428 g/mol. The van der Waals surface area contributed by atoms with Gasteiger partial charge in [0.05, 0.1) is 30.8 Å². The Morgan fingerprint density at radius 2 is 2.00 bits per heavy atom. The number of nitrogens with one attached hydrogen (secondary N) is 1. The fraction of sp³-hybridized carbons (Fsp3) is 0.600. The van der Waals surface area contributed by atoms with Crippen molar-refractivity contribution in [3.05, 3.63) is 11.1 Å². The van der Waals surface area contributed by atoms with Crippen LogP contribution in [0.1, 0.15) is 19.8 Å². The van der Waals surface area contributed by atoms with E-state index in [1.54, 1.807) is 17.9 Å². The fourth-order valence-corrected chi connectivity index (χ4v) is 4.51. The first kappa shape index (κ1) is 20.5. The molecule has 5 heterocycles. The molecule has 3 fully saturated rings. The summed E-state index contributed by atoms with van der Waals surface area (Å²) in [5.41, 5.74) is 1.04. The molecule has 3 saturated heterocycles. The molecule has 2 aromatic rings. The van der Waals surface area contributed by atoms with Gasteiger partial charge in [0, 0.05) is 32.9 Å². The quantitative estimate of drug-likeness (QED) is 0.679. The van der Waals surface area contributed by atoms with Gasteiger partial charge in [-0.2, -0.15) is 9.97 Å². The van der Waals surface area contributed by atoms with Gasteiger partial charge in [-0.15, -0.1) is 0 Å². The van der Waals surface area contributed by atoms with Crippen LogP contribution in [0.3, 0.4) is 0 Å². The van der Waals surface area contributed by atoms with Crippen molar-refractivity contribution in [1.82, 2.24) is 19.9 Å². The van der Waals surface area contributed by atoms with E-state index >= 15 is 0 Å². The first-order valence-corrected chi connectivity index (χ1v) is 10.7. The zero-order chi connectivity index (χ0) is 21.5. The number of pyridine rings is 1. The van der Waals surface area contributed by atoms with Crippen molar-refractivity contribution in [2.45, 2.75) is 44.2 Å². The van der Waals surface area contributed by atoms with Crippen molar-refractivity contribution < 1.29 is 28.5 Å². The summed E-state index contributed by atoms with van der Waals surface area (Å²) in [4.78, 5) is 36.3. The molecule has 1 N–H and O–H groups in total. The topological polar surface area (TPSA) is 116 Å². The average Bonchev–Trinajstić information content (AvgIpc) is 3.44. The molecule has 0 bridgehead atoms. The third-order valence-corrected chi connectivity index (χ3v) is 6.29. The van der Waals surface area contributed by atoms with Crippen LogP contribution >= 0.6 is 11.6 Å². The lowest BCUT2D eigenvalue weighted by molar-refractivity contribution is -0.130. The van der Waals surface area contributed by atoms with Gasteiger partial charge in [0.2, 0.25) is 11.8 Å². The number of aromatic amines is 1. The number of hydrogen-bond acceptors (Lipinski definition) is 8. The largest absolute Gasteiger partial charge is 0.473 e. The number of aromatic nitrogens is 3. The molecule has 1 amide bonds. The van der Waals surface area contributed by atoms with Gasteiger partial charge >= 0.3 is 0 Å². The number of piperidine rings is 1. The number of carbonyl (C=O) groups excluding carboxylic acids is 2. The van der Waals surface area contributed by atoms with E-state index in [4.69, 9.17) is 30.5 Å². The minimum Gasteiger partial charge on any atom is -0.473 e. The SMILES string of the molecule is CC(=O)N1CCC(Oc2nc3nc(OC4CO[C@@H]5C(C=O)CO[C@H]45)[nH]c3cc2Cl)CC1. The highest BCUT2D eigenvalue weighted by Gasteiger charge is 2.49. The molecule has 3 aliphatic rings. The van der Waals surface area contributed by atoms with Crippen molar-refractivity contribution in [3.8, 4) is 11.9 Å². The van der Waals surface area contributed by atoms with Crippen LogP contribution in [-0.2, 0) is 19.1 Å². The maximum absolute atomic E-state index is 11.5. The molecule has 3 aliphatic heterocycles. The number of amides is 1. The minimum absolute atomic E-state index is 0.0643. The minimum atomic E-state index is -0.367. The van der Waals surface area contributed by atoms with Gasteiger partial charge in [-0.1, -0.05) is 11.6 Å². The standard InChI is InChI=1S/C20H23ClN4O6/c1-10(27)25-4-2-12(3-5-25)30-19-13(21)6-14-18(23-19)24-20(22-14)31-15-9-29-16-11(7-26)8-28-17(15)16/h6-7,11-12,15-17H,2-5,8-9H2,1H3,(H,22,23,24)/t11?,15?,16-,17-/m1/s1. The van der Waals surface area contributed by atoms with Gasteiger partial charge in [0.25, 0.3) is 6.01 Å². The Hall–Kier alpha value is -2.43. The van der Waals surface area contributed by atoms with E-state index in [1.807, 2.05) is 0 Å². The molecule has 0 aromatic carbocycles. The number of likely N-dealkylation sites (tertiary alicyclic amines) is 1. The third-order valence-electron chi connectivity index (χ3n) is 6.02. The molecule has 0 spiro atoms. The van der Waals surface area contributed by atoms with Crippen molar-refractivity contribution in [3.63, 3.8) is 0 Å². The van der Waals surface area contributed by atoms with Gasteiger partial charge in [0.15, 0.2) is 11.8 Å². The predicted octanol–water partition coefficient (Wildman–Crippen LogP) is 1.36. The summed E-state index contributed by atoms with van der Waals surface area (Å²) < 4.78 is 23.3. The molecule has 11 heteroatoms. The molecule has 0 saturated carbocycles. The monoisotopic (exact) mass is 450 g/mol. The summed E-state index contributed by atoms with van der Waals surface area (Å²) in [6.45, 7) is 3.53. The van der Waals surface area contributed by atoms with E-state index in [0.717, 1.165) is 19.1 Å². The highest BCUT2D eigenvalue weighted by atomic mass is 35.5. The van der Waals surface area contributed by atoms with Gasteiger partial charge in [-0.3, -0.25) is 4.79 Å².